The first kappa shape index (κ1) is 11.6. The number of benzene rings is 1. The predicted octanol–water partition coefficient (Wildman–Crippen LogP) is 3.06. The Labute approximate surface area is 96.6 Å². The van der Waals surface area contributed by atoms with Gasteiger partial charge in [0.15, 0.2) is 0 Å². The highest BCUT2D eigenvalue weighted by Gasteiger charge is 2.05. The summed E-state index contributed by atoms with van der Waals surface area (Å²) < 4.78 is 1.01. The first-order valence-electron chi connectivity index (χ1n) is 4.19. The molecule has 14 heavy (non-hydrogen) atoms. The maximum absolute atomic E-state index is 11.3. The monoisotopic (exact) mass is 273 g/mol. The smallest absolute Gasteiger partial charge is 0.234 e. The summed E-state index contributed by atoms with van der Waals surface area (Å²) in [7, 11) is 0. The highest BCUT2D eigenvalue weighted by Crippen LogP contribution is 2.23. The van der Waals surface area contributed by atoms with E-state index in [2.05, 4.69) is 21.2 Å². The van der Waals surface area contributed by atoms with E-state index < -0.39 is 0 Å². The molecule has 0 aliphatic rings. The number of hydrogen-bond acceptors (Lipinski definition) is 2. The van der Waals surface area contributed by atoms with Gasteiger partial charge >= 0.3 is 0 Å². The van der Waals surface area contributed by atoms with Crippen molar-refractivity contribution in [3.8, 4) is 0 Å². The minimum absolute atomic E-state index is 0.0405. The summed E-state index contributed by atoms with van der Waals surface area (Å²) in [6, 6.07) is 5.77. The SMILES string of the molecule is CSCC(=O)Nc1cccc(Br)c1C. The Kier molecular flexibility index (Phi) is 4.48. The number of hydrogen-bond donors (Lipinski definition) is 1. The first-order chi connectivity index (χ1) is 6.65. The van der Waals surface area contributed by atoms with Crippen LogP contribution in [-0.4, -0.2) is 17.9 Å². The number of carbonyl (C=O) groups is 1. The Morgan fingerprint density at radius 3 is 2.93 bits per heavy atom. The topological polar surface area (TPSA) is 29.1 Å². The maximum Gasteiger partial charge on any atom is 0.234 e. The van der Waals surface area contributed by atoms with Crippen LogP contribution in [0.15, 0.2) is 22.7 Å². The highest BCUT2D eigenvalue weighted by molar-refractivity contribution is 9.10. The van der Waals surface area contributed by atoms with Gasteiger partial charge in [-0.3, -0.25) is 4.79 Å². The van der Waals surface area contributed by atoms with Crippen LogP contribution < -0.4 is 5.32 Å². The molecular weight excluding hydrogens is 262 g/mol. The third-order valence-electron chi connectivity index (χ3n) is 1.82. The van der Waals surface area contributed by atoms with Gasteiger partial charge in [-0.15, -0.1) is 0 Å². The highest BCUT2D eigenvalue weighted by atomic mass is 79.9. The summed E-state index contributed by atoms with van der Waals surface area (Å²) in [4.78, 5) is 11.3. The second-order valence-electron chi connectivity index (χ2n) is 2.89. The molecule has 0 aliphatic carbocycles. The molecule has 1 aromatic carbocycles. The largest absolute Gasteiger partial charge is 0.325 e. The zero-order valence-corrected chi connectivity index (χ0v) is 10.5. The number of nitrogens with one attached hydrogen (secondary N) is 1. The Bertz CT molecular complexity index is 341. The van der Waals surface area contributed by atoms with Crippen LogP contribution in [0, 0.1) is 6.92 Å². The van der Waals surface area contributed by atoms with Crippen LogP contribution in [0.4, 0.5) is 5.69 Å². The number of amides is 1. The minimum atomic E-state index is 0.0405. The van der Waals surface area contributed by atoms with E-state index in [9.17, 15) is 4.79 Å². The number of halogens is 1. The fourth-order valence-corrected chi connectivity index (χ4v) is 1.76. The van der Waals surface area contributed by atoms with E-state index >= 15 is 0 Å². The van der Waals surface area contributed by atoms with Gasteiger partial charge < -0.3 is 5.32 Å². The van der Waals surface area contributed by atoms with Crippen molar-refractivity contribution >= 4 is 39.3 Å². The summed E-state index contributed by atoms with van der Waals surface area (Å²) in [6.07, 6.45) is 1.91. The lowest BCUT2D eigenvalue weighted by atomic mass is 10.2. The van der Waals surface area contributed by atoms with Crippen molar-refractivity contribution in [3.63, 3.8) is 0 Å². The van der Waals surface area contributed by atoms with Crippen LogP contribution in [0.3, 0.4) is 0 Å². The first-order valence-corrected chi connectivity index (χ1v) is 6.37. The van der Waals surface area contributed by atoms with Crippen LogP contribution >= 0.6 is 27.7 Å². The van der Waals surface area contributed by atoms with Gasteiger partial charge in [0.05, 0.1) is 5.75 Å². The fourth-order valence-electron chi connectivity index (χ4n) is 1.06. The van der Waals surface area contributed by atoms with Crippen LogP contribution in [0.25, 0.3) is 0 Å². The molecule has 0 saturated carbocycles. The Morgan fingerprint density at radius 2 is 2.29 bits per heavy atom. The molecule has 0 radical (unpaired) electrons. The summed E-state index contributed by atoms with van der Waals surface area (Å²) in [5.41, 5.74) is 1.93. The molecule has 0 unspecified atom stereocenters. The molecule has 1 rings (SSSR count). The molecule has 0 aromatic heterocycles. The molecule has 0 spiro atoms. The quantitative estimate of drug-likeness (QED) is 0.917. The average Bonchev–Trinajstić information content (AvgIpc) is 2.13. The molecule has 4 heteroatoms. The van der Waals surface area contributed by atoms with Gasteiger partial charge in [0, 0.05) is 10.2 Å². The maximum atomic E-state index is 11.3. The van der Waals surface area contributed by atoms with E-state index in [1.54, 1.807) is 0 Å². The average molecular weight is 274 g/mol. The Hall–Kier alpha value is -0.480. The summed E-state index contributed by atoms with van der Waals surface area (Å²) in [5, 5.41) is 2.86. The van der Waals surface area contributed by atoms with Gasteiger partial charge in [-0.25, -0.2) is 0 Å². The molecule has 1 amide bonds. The Morgan fingerprint density at radius 1 is 1.57 bits per heavy atom. The lowest BCUT2D eigenvalue weighted by Gasteiger charge is -2.08. The zero-order chi connectivity index (χ0) is 10.6. The van der Waals surface area contributed by atoms with Crippen LogP contribution in [0.2, 0.25) is 0 Å². The molecule has 0 bridgehead atoms. The van der Waals surface area contributed by atoms with E-state index in [-0.39, 0.29) is 5.91 Å². The second kappa shape index (κ2) is 5.41. The summed E-state index contributed by atoms with van der Waals surface area (Å²) in [6.45, 7) is 1.97. The van der Waals surface area contributed by atoms with Gasteiger partial charge in [-0.1, -0.05) is 22.0 Å². The van der Waals surface area contributed by atoms with Gasteiger partial charge in [0.25, 0.3) is 0 Å². The lowest BCUT2D eigenvalue weighted by Crippen LogP contribution is -2.14. The lowest BCUT2D eigenvalue weighted by molar-refractivity contribution is -0.113. The van der Waals surface area contributed by atoms with E-state index in [1.165, 1.54) is 11.8 Å². The van der Waals surface area contributed by atoms with E-state index in [0.717, 1.165) is 15.7 Å². The van der Waals surface area contributed by atoms with Crippen molar-refractivity contribution in [1.82, 2.24) is 0 Å². The molecule has 0 saturated heterocycles. The third kappa shape index (κ3) is 3.03. The number of thioether (sulfide) groups is 1. The van der Waals surface area contributed by atoms with Gasteiger partial charge in [0.1, 0.15) is 0 Å². The third-order valence-corrected chi connectivity index (χ3v) is 3.23. The van der Waals surface area contributed by atoms with Crippen molar-refractivity contribution < 1.29 is 4.79 Å². The van der Waals surface area contributed by atoms with Gasteiger partial charge in [0.2, 0.25) is 5.91 Å². The molecule has 1 N–H and O–H groups in total. The van der Waals surface area contributed by atoms with Crippen molar-refractivity contribution in [3.05, 3.63) is 28.2 Å². The van der Waals surface area contributed by atoms with E-state index in [1.807, 2.05) is 31.4 Å². The molecule has 0 heterocycles. The zero-order valence-electron chi connectivity index (χ0n) is 8.13. The predicted molar refractivity (Wildman–Crippen MR) is 65.9 cm³/mol. The molecule has 0 fully saturated rings. The molecule has 0 atom stereocenters. The van der Waals surface area contributed by atoms with Crippen LogP contribution in [0.5, 0.6) is 0 Å². The molecule has 2 nitrogen and oxygen atoms in total. The van der Waals surface area contributed by atoms with Crippen molar-refractivity contribution in [2.75, 3.05) is 17.3 Å². The fraction of sp³-hybridized carbons (Fsp3) is 0.300. The van der Waals surface area contributed by atoms with Gasteiger partial charge in [-0.05, 0) is 30.9 Å². The van der Waals surface area contributed by atoms with Gasteiger partial charge in [-0.2, -0.15) is 11.8 Å². The normalized spacial score (nSPS) is 9.93. The molecule has 1 aromatic rings. The van der Waals surface area contributed by atoms with Crippen LogP contribution in [0.1, 0.15) is 5.56 Å². The number of anilines is 1. The second-order valence-corrected chi connectivity index (χ2v) is 4.61. The summed E-state index contributed by atoms with van der Waals surface area (Å²) >= 11 is 4.93. The summed E-state index contributed by atoms with van der Waals surface area (Å²) in [5.74, 6) is 0.532. The van der Waals surface area contributed by atoms with Crippen LogP contribution in [-0.2, 0) is 4.79 Å². The van der Waals surface area contributed by atoms with Crippen molar-refractivity contribution in [2.24, 2.45) is 0 Å². The standard InChI is InChI=1S/C10H12BrNOS/c1-7-8(11)4-3-5-9(7)12-10(13)6-14-2/h3-5H,6H2,1-2H3,(H,12,13). The molecule has 0 aliphatic heterocycles. The van der Waals surface area contributed by atoms with E-state index in [0.29, 0.717) is 5.75 Å². The number of rotatable bonds is 3. The Balaban J connectivity index is 2.76. The van der Waals surface area contributed by atoms with Crippen molar-refractivity contribution in [1.29, 1.82) is 0 Å². The number of carbonyl (C=O) groups excluding carboxylic acids is 1. The molecule has 76 valence electrons. The molecular formula is C10H12BrNOS. The minimum Gasteiger partial charge on any atom is -0.325 e. The van der Waals surface area contributed by atoms with E-state index in [4.69, 9.17) is 0 Å². The van der Waals surface area contributed by atoms with Crippen molar-refractivity contribution in [2.45, 2.75) is 6.92 Å².